The van der Waals surface area contributed by atoms with Gasteiger partial charge < -0.3 is 5.32 Å². The number of hydrogen-bond donors (Lipinski definition) is 2. The standard InChI is InChI=1S/C31H26ClN3O5S2/c1-22-13-17-26(18-14-22)42(39,40)35(30-12-5-4-10-28(30)32)21-31(36)33-24-15-19-25(20-16-24)41(37,38)34-29-11-6-8-23-7-2-3-9-27(23)29/h2-20,34H,21H2,1H3,(H,33,36). The minimum atomic E-state index is -4.15. The first-order valence-electron chi connectivity index (χ1n) is 12.8. The maximum atomic E-state index is 13.6. The van der Waals surface area contributed by atoms with Gasteiger partial charge in [0.25, 0.3) is 20.0 Å². The van der Waals surface area contributed by atoms with E-state index in [9.17, 15) is 21.6 Å². The molecule has 2 N–H and O–H groups in total. The molecule has 1 amide bonds. The van der Waals surface area contributed by atoms with Gasteiger partial charge in [-0.25, -0.2) is 16.8 Å². The molecular formula is C31H26ClN3O5S2. The molecule has 5 rings (SSSR count). The van der Waals surface area contributed by atoms with E-state index < -0.39 is 32.5 Å². The normalized spacial score (nSPS) is 11.7. The summed E-state index contributed by atoms with van der Waals surface area (Å²) in [5.41, 5.74) is 1.76. The molecular weight excluding hydrogens is 594 g/mol. The molecule has 214 valence electrons. The van der Waals surface area contributed by atoms with Crippen molar-refractivity contribution >= 4 is 65.4 Å². The van der Waals surface area contributed by atoms with Crippen molar-refractivity contribution in [3.8, 4) is 0 Å². The van der Waals surface area contributed by atoms with Gasteiger partial charge in [0.15, 0.2) is 0 Å². The largest absolute Gasteiger partial charge is 0.325 e. The first-order chi connectivity index (χ1) is 20.0. The maximum Gasteiger partial charge on any atom is 0.264 e. The number of carbonyl (C=O) groups is 1. The Morgan fingerprint density at radius 1 is 0.738 bits per heavy atom. The summed E-state index contributed by atoms with van der Waals surface area (Å²) in [5, 5.41) is 4.46. The second kappa shape index (κ2) is 11.8. The first-order valence-corrected chi connectivity index (χ1v) is 16.1. The van der Waals surface area contributed by atoms with Crippen LogP contribution in [-0.4, -0.2) is 29.3 Å². The van der Waals surface area contributed by atoms with Crippen LogP contribution in [0.15, 0.2) is 125 Å². The molecule has 0 aliphatic rings. The van der Waals surface area contributed by atoms with Crippen molar-refractivity contribution in [2.75, 3.05) is 20.9 Å². The highest BCUT2D eigenvalue weighted by molar-refractivity contribution is 7.93. The molecule has 0 aliphatic heterocycles. The fourth-order valence-electron chi connectivity index (χ4n) is 4.36. The van der Waals surface area contributed by atoms with Gasteiger partial charge in [-0.1, -0.05) is 77.8 Å². The predicted molar refractivity (Wildman–Crippen MR) is 167 cm³/mol. The monoisotopic (exact) mass is 619 g/mol. The van der Waals surface area contributed by atoms with Crippen LogP contribution in [0, 0.1) is 6.92 Å². The Bertz CT molecular complexity index is 1970. The van der Waals surface area contributed by atoms with Crippen molar-refractivity contribution in [1.29, 1.82) is 0 Å². The number of hydrogen-bond acceptors (Lipinski definition) is 5. The molecule has 0 atom stereocenters. The number of sulfonamides is 2. The molecule has 0 aromatic heterocycles. The van der Waals surface area contributed by atoms with Crippen LogP contribution in [-0.2, 0) is 24.8 Å². The van der Waals surface area contributed by atoms with Crippen LogP contribution in [0.2, 0.25) is 5.02 Å². The zero-order chi connectivity index (χ0) is 29.9. The summed E-state index contributed by atoms with van der Waals surface area (Å²) >= 11 is 6.33. The summed E-state index contributed by atoms with van der Waals surface area (Å²) in [6.45, 7) is 1.27. The predicted octanol–water partition coefficient (Wildman–Crippen LogP) is 6.44. The molecule has 0 radical (unpaired) electrons. The fraction of sp³-hybridized carbons (Fsp3) is 0.0645. The summed E-state index contributed by atoms with van der Waals surface area (Å²) < 4.78 is 56.9. The number of carbonyl (C=O) groups excluding carboxylic acids is 1. The second-order valence-electron chi connectivity index (χ2n) is 9.48. The zero-order valence-corrected chi connectivity index (χ0v) is 24.7. The maximum absolute atomic E-state index is 13.6. The van der Waals surface area contributed by atoms with Crippen molar-refractivity contribution in [1.82, 2.24) is 0 Å². The minimum Gasteiger partial charge on any atom is -0.325 e. The molecule has 0 fully saturated rings. The average molecular weight is 620 g/mol. The number of amides is 1. The van der Waals surface area contributed by atoms with Gasteiger partial charge in [-0.3, -0.25) is 13.8 Å². The highest BCUT2D eigenvalue weighted by Gasteiger charge is 2.28. The molecule has 8 nitrogen and oxygen atoms in total. The molecule has 0 bridgehead atoms. The molecule has 0 aliphatic carbocycles. The molecule has 0 saturated heterocycles. The van der Waals surface area contributed by atoms with Gasteiger partial charge in [-0.15, -0.1) is 0 Å². The third kappa shape index (κ3) is 6.25. The molecule has 0 heterocycles. The number of nitrogens with one attached hydrogen (secondary N) is 2. The Morgan fingerprint density at radius 2 is 1.36 bits per heavy atom. The SMILES string of the molecule is Cc1ccc(S(=O)(=O)N(CC(=O)Nc2ccc(S(=O)(=O)Nc3cccc4ccccc34)cc2)c2ccccc2Cl)cc1. The van der Waals surface area contributed by atoms with E-state index in [1.165, 1.54) is 48.5 Å². The third-order valence-corrected chi connectivity index (χ3v) is 9.97. The Kier molecular flexibility index (Phi) is 8.22. The summed E-state index contributed by atoms with van der Waals surface area (Å²) in [7, 11) is -8.08. The Morgan fingerprint density at radius 3 is 2.07 bits per heavy atom. The van der Waals surface area contributed by atoms with Gasteiger partial charge in [0, 0.05) is 11.1 Å². The van der Waals surface area contributed by atoms with Crippen molar-refractivity contribution in [3.63, 3.8) is 0 Å². The highest BCUT2D eigenvalue weighted by atomic mass is 35.5. The molecule has 0 unspecified atom stereocenters. The van der Waals surface area contributed by atoms with Crippen LogP contribution < -0.4 is 14.3 Å². The summed E-state index contributed by atoms with van der Waals surface area (Å²) in [4.78, 5) is 13.1. The number of benzene rings is 5. The van der Waals surface area contributed by atoms with Crippen LogP contribution in [0.25, 0.3) is 10.8 Å². The quantitative estimate of drug-likeness (QED) is 0.197. The topological polar surface area (TPSA) is 113 Å². The minimum absolute atomic E-state index is 0.00641. The summed E-state index contributed by atoms with van der Waals surface area (Å²) in [6.07, 6.45) is 0. The second-order valence-corrected chi connectivity index (χ2v) is 13.4. The third-order valence-electron chi connectivity index (χ3n) is 6.50. The van der Waals surface area contributed by atoms with Gasteiger partial charge >= 0.3 is 0 Å². The van der Waals surface area contributed by atoms with Gasteiger partial charge in [0.1, 0.15) is 6.54 Å². The number of fused-ring (bicyclic) bond motifs is 1. The summed E-state index contributed by atoms with van der Waals surface area (Å²) in [6, 6.07) is 31.0. The van der Waals surface area contributed by atoms with Crippen molar-refractivity contribution in [2.24, 2.45) is 0 Å². The van der Waals surface area contributed by atoms with E-state index in [1.807, 2.05) is 37.3 Å². The van der Waals surface area contributed by atoms with E-state index in [-0.39, 0.29) is 26.2 Å². The lowest BCUT2D eigenvalue weighted by atomic mass is 10.1. The Labute approximate surface area is 249 Å². The van der Waals surface area contributed by atoms with Gasteiger partial charge in [-0.05, 0) is 66.9 Å². The smallest absolute Gasteiger partial charge is 0.264 e. The van der Waals surface area contributed by atoms with E-state index in [1.54, 1.807) is 36.4 Å². The molecule has 5 aromatic rings. The van der Waals surface area contributed by atoms with Crippen molar-refractivity contribution in [2.45, 2.75) is 16.7 Å². The molecule has 0 saturated carbocycles. The van der Waals surface area contributed by atoms with E-state index in [0.29, 0.717) is 5.69 Å². The number of halogens is 1. The summed E-state index contributed by atoms with van der Waals surface area (Å²) in [5.74, 6) is -0.643. The number of aryl methyl sites for hydroxylation is 1. The van der Waals surface area contributed by atoms with Crippen LogP contribution >= 0.6 is 11.6 Å². The Balaban J connectivity index is 1.35. The first kappa shape index (κ1) is 29.1. The van der Waals surface area contributed by atoms with Crippen molar-refractivity contribution in [3.05, 3.63) is 126 Å². The van der Waals surface area contributed by atoms with E-state index in [0.717, 1.165) is 20.6 Å². The number of rotatable bonds is 9. The molecule has 11 heteroatoms. The highest BCUT2D eigenvalue weighted by Crippen LogP contribution is 2.31. The van der Waals surface area contributed by atoms with Crippen LogP contribution in [0.4, 0.5) is 17.1 Å². The van der Waals surface area contributed by atoms with E-state index >= 15 is 0 Å². The van der Waals surface area contributed by atoms with Gasteiger partial charge in [-0.2, -0.15) is 0 Å². The number of para-hydroxylation sites is 1. The van der Waals surface area contributed by atoms with E-state index in [4.69, 9.17) is 11.6 Å². The molecule has 0 spiro atoms. The average Bonchev–Trinajstić information content (AvgIpc) is 2.97. The lowest BCUT2D eigenvalue weighted by molar-refractivity contribution is -0.114. The van der Waals surface area contributed by atoms with Crippen LogP contribution in [0.1, 0.15) is 5.56 Å². The van der Waals surface area contributed by atoms with Gasteiger partial charge in [0.05, 0.1) is 26.2 Å². The zero-order valence-electron chi connectivity index (χ0n) is 22.4. The Hall–Kier alpha value is -4.38. The van der Waals surface area contributed by atoms with Crippen LogP contribution in [0.5, 0.6) is 0 Å². The number of nitrogens with zero attached hydrogens (tertiary/aromatic N) is 1. The fourth-order valence-corrected chi connectivity index (χ4v) is 7.17. The molecule has 42 heavy (non-hydrogen) atoms. The lowest BCUT2D eigenvalue weighted by Gasteiger charge is -2.25. The van der Waals surface area contributed by atoms with Crippen LogP contribution in [0.3, 0.4) is 0 Å². The lowest BCUT2D eigenvalue weighted by Crippen LogP contribution is -2.38. The van der Waals surface area contributed by atoms with Crippen molar-refractivity contribution < 1.29 is 21.6 Å². The number of anilines is 3. The molecule has 5 aromatic carbocycles. The van der Waals surface area contributed by atoms with E-state index in [2.05, 4.69) is 10.0 Å². The van der Waals surface area contributed by atoms with Gasteiger partial charge in [0.2, 0.25) is 5.91 Å².